The fraction of sp³-hybridized carbons (Fsp3) is 0.125. The largest absolute Gasteiger partial charge is 0.205 e. The van der Waals surface area contributed by atoms with Crippen LogP contribution in [-0.4, -0.2) is 7.28 Å². The van der Waals surface area contributed by atoms with E-state index >= 15 is 0 Å². The summed E-state index contributed by atoms with van der Waals surface area (Å²) >= 11 is 0. The summed E-state index contributed by atoms with van der Waals surface area (Å²) in [5.74, 6) is -15.2. The van der Waals surface area contributed by atoms with Crippen LogP contribution in [0.2, 0.25) is 0 Å². The Bertz CT molecular complexity index is 875. The van der Waals surface area contributed by atoms with E-state index in [1.54, 1.807) is 0 Å². The van der Waals surface area contributed by atoms with Crippen molar-refractivity contribution in [1.82, 2.24) is 0 Å². The highest BCUT2D eigenvalue weighted by molar-refractivity contribution is 6.68. The fourth-order valence-electron chi connectivity index (χ4n) is 2.41. The summed E-state index contributed by atoms with van der Waals surface area (Å²) < 4.78 is 110. The van der Waals surface area contributed by atoms with Gasteiger partial charge in [0, 0.05) is 11.1 Å². The third-order valence-electron chi connectivity index (χ3n) is 3.72. The third kappa shape index (κ3) is 2.92. The van der Waals surface area contributed by atoms with E-state index in [2.05, 4.69) is 6.58 Å². The Morgan fingerprint density at radius 2 is 1.04 bits per heavy atom. The number of hydrogen-bond donors (Lipinski definition) is 0. The molecule has 0 saturated heterocycles. The first kappa shape index (κ1) is 19.0. The van der Waals surface area contributed by atoms with E-state index in [0.29, 0.717) is 0 Å². The molecule has 0 nitrogen and oxygen atoms in total. The Balaban J connectivity index is 2.81. The normalized spacial score (nSPS) is 11.0. The molecule has 2 aromatic rings. The zero-order valence-corrected chi connectivity index (χ0v) is 12.9. The third-order valence-corrected chi connectivity index (χ3v) is 3.72. The van der Waals surface area contributed by atoms with Crippen LogP contribution in [0.15, 0.2) is 6.58 Å². The quantitative estimate of drug-likeness (QED) is 0.338. The lowest BCUT2D eigenvalue weighted by molar-refractivity contribution is 0.411. The van der Waals surface area contributed by atoms with Gasteiger partial charge in [0.2, 0.25) is 7.28 Å². The molecule has 0 heterocycles. The molecular formula is C16H9BF8. The summed E-state index contributed by atoms with van der Waals surface area (Å²) in [7, 11) is -1.26. The Hall–Kier alpha value is -2.32. The molecule has 132 valence electrons. The topological polar surface area (TPSA) is 0 Å². The predicted octanol–water partition coefficient (Wildman–Crippen LogP) is 3.53. The van der Waals surface area contributed by atoms with Crippen molar-refractivity contribution < 1.29 is 35.1 Å². The maximum Gasteiger partial charge on any atom is 0.205 e. The van der Waals surface area contributed by atoms with Crippen LogP contribution in [0.4, 0.5) is 35.1 Å². The highest BCUT2D eigenvalue weighted by Crippen LogP contribution is 2.22. The van der Waals surface area contributed by atoms with Crippen molar-refractivity contribution in [2.24, 2.45) is 0 Å². The lowest BCUT2D eigenvalue weighted by Gasteiger charge is -2.15. The predicted molar refractivity (Wildman–Crippen MR) is 78.4 cm³/mol. The fourth-order valence-corrected chi connectivity index (χ4v) is 2.41. The van der Waals surface area contributed by atoms with Crippen LogP contribution in [0.1, 0.15) is 18.1 Å². The maximum absolute atomic E-state index is 14.0. The van der Waals surface area contributed by atoms with Gasteiger partial charge in [0.15, 0.2) is 46.5 Å². The molecule has 0 bridgehead atoms. The Morgan fingerprint density at radius 1 is 0.640 bits per heavy atom. The second-order valence-electron chi connectivity index (χ2n) is 5.43. The molecule has 0 saturated carbocycles. The van der Waals surface area contributed by atoms with Gasteiger partial charge in [-0.2, -0.15) is 0 Å². The minimum absolute atomic E-state index is 0.279. The van der Waals surface area contributed by atoms with Crippen molar-refractivity contribution in [2.45, 2.75) is 13.8 Å². The van der Waals surface area contributed by atoms with Gasteiger partial charge in [-0.15, -0.1) is 0 Å². The van der Waals surface area contributed by atoms with Gasteiger partial charge in [-0.3, -0.25) is 0 Å². The second kappa shape index (κ2) is 6.53. The van der Waals surface area contributed by atoms with Crippen LogP contribution in [0.3, 0.4) is 0 Å². The summed E-state index contributed by atoms with van der Waals surface area (Å²) in [4.78, 5) is 0. The lowest BCUT2D eigenvalue weighted by atomic mass is 9.60. The molecule has 2 aromatic carbocycles. The monoisotopic (exact) mass is 364 g/mol. The summed E-state index contributed by atoms with van der Waals surface area (Å²) in [5, 5.41) is 0. The van der Waals surface area contributed by atoms with Crippen molar-refractivity contribution in [3.05, 3.63) is 64.2 Å². The van der Waals surface area contributed by atoms with Crippen LogP contribution >= 0.6 is 0 Å². The van der Waals surface area contributed by atoms with Crippen molar-refractivity contribution in [3.8, 4) is 0 Å². The Labute approximate surface area is 138 Å². The molecule has 0 fully saturated rings. The standard InChI is InChI=1S/C16H9BF8/c1-4(2)6-7(12(21)16(25)15(24)11(6)20)17-8-13(22)9(18)5(3)10(19)14(8)23/h17H,1H2,2-3H3. The lowest BCUT2D eigenvalue weighted by Crippen LogP contribution is -2.39. The SMILES string of the molecule is C=C(C)c1c(F)c(F)c(F)c(F)c1Bc1c(F)c(F)c(C)c(F)c1F. The molecule has 0 amide bonds. The van der Waals surface area contributed by atoms with Crippen molar-refractivity contribution in [2.75, 3.05) is 0 Å². The smallest absolute Gasteiger partial charge is 0.204 e. The molecule has 0 radical (unpaired) electrons. The van der Waals surface area contributed by atoms with E-state index in [4.69, 9.17) is 0 Å². The first-order chi connectivity index (χ1) is 11.5. The molecule has 0 aliphatic heterocycles. The number of rotatable bonds is 3. The van der Waals surface area contributed by atoms with Gasteiger partial charge >= 0.3 is 0 Å². The van der Waals surface area contributed by atoms with Gasteiger partial charge < -0.3 is 0 Å². The van der Waals surface area contributed by atoms with E-state index in [1.165, 1.54) is 0 Å². The molecule has 0 spiro atoms. The van der Waals surface area contributed by atoms with Crippen LogP contribution in [0.25, 0.3) is 5.57 Å². The molecular weight excluding hydrogens is 355 g/mol. The number of benzene rings is 2. The average molecular weight is 364 g/mol. The van der Waals surface area contributed by atoms with Crippen LogP contribution in [0.5, 0.6) is 0 Å². The van der Waals surface area contributed by atoms with E-state index < -0.39 is 75.9 Å². The van der Waals surface area contributed by atoms with Crippen LogP contribution in [0, 0.1) is 53.5 Å². The second-order valence-corrected chi connectivity index (χ2v) is 5.43. The first-order valence-corrected chi connectivity index (χ1v) is 6.82. The molecule has 0 aromatic heterocycles. The van der Waals surface area contributed by atoms with E-state index in [-0.39, 0.29) is 5.57 Å². The number of hydrogen-bond acceptors (Lipinski definition) is 0. The highest BCUT2D eigenvalue weighted by atomic mass is 19.2. The van der Waals surface area contributed by atoms with E-state index in [1.807, 2.05) is 0 Å². The maximum atomic E-state index is 14.0. The molecule has 9 heteroatoms. The van der Waals surface area contributed by atoms with Gasteiger partial charge in [0.1, 0.15) is 0 Å². The Kier molecular flexibility index (Phi) is 4.97. The van der Waals surface area contributed by atoms with E-state index in [9.17, 15) is 35.1 Å². The average Bonchev–Trinajstić information content (AvgIpc) is 2.57. The summed E-state index contributed by atoms with van der Waals surface area (Å²) in [6.45, 7) is 5.15. The molecule has 0 N–H and O–H groups in total. The van der Waals surface area contributed by atoms with Gasteiger partial charge in [0.25, 0.3) is 0 Å². The summed E-state index contributed by atoms with van der Waals surface area (Å²) in [5.41, 5.74) is -4.39. The van der Waals surface area contributed by atoms with E-state index in [0.717, 1.165) is 13.8 Å². The van der Waals surface area contributed by atoms with Crippen LogP contribution in [-0.2, 0) is 0 Å². The molecule has 0 aliphatic rings. The summed E-state index contributed by atoms with van der Waals surface area (Å²) in [6, 6.07) is 0. The van der Waals surface area contributed by atoms with Crippen molar-refractivity contribution in [3.63, 3.8) is 0 Å². The molecule has 25 heavy (non-hydrogen) atoms. The Morgan fingerprint density at radius 3 is 1.48 bits per heavy atom. The minimum Gasteiger partial charge on any atom is -0.204 e. The van der Waals surface area contributed by atoms with Crippen molar-refractivity contribution >= 4 is 23.8 Å². The zero-order chi connectivity index (χ0) is 19.2. The van der Waals surface area contributed by atoms with Gasteiger partial charge in [-0.25, -0.2) is 35.1 Å². The molecule has 0 unspecified atom stereocenters. The summed E-state index contributed by atoms with van der Waals surface area (Å²) in [6.07, 6.45) is 0. The first-order valence-electron chi connectivity index (χ1n) is 6.82. The number of halogens is 8. The van der Waals surface area contributed by atoms with Gasteiger partial charge in [-0.05, 0) is 30.3 Å². The molecule has 0 aliphatic carbocycles. The minimum atomic E-state index is -2.22. The number of allylic oxidation sites excluding steroid dienone is 1. The molecule has 0 atom stereocenters. The van der Waals surface area contributed by atoms with Gasteiger partial charge in [0.05, 0.1) is 0 Å². The van der Waals surface area contributed by atoms with Crippen molar-refractivity contribution in [1.29, 1.82) is 0 Å². The zero-order valence-electron chi connectivity index (χ0n) is 12.9. The van der Waals surface area contributed by atoms with Crippen LogP contribution < -0.4 is 10.9 Å². The van der Waals surface area contributed by atoms with Gasteiger partial charge in [-0.1, -0.05) is 6.58 Å². The molecule has 2 rings (SSSR count). The highest BCUT2D eigenvalue weighted by Gasteiger charge is 2.30.